The van der Waals surface area contributed by atoms with Crippen LogP contribution in [0.4, 0.5) is 4.39 Å². The molecule has 0 saturated carbocycles. The van der Waals surface area contributed by atoms with Crippen molar-refractivity contribution >= 4 is 0 Å². The molecule has 1 aromatic carbocycles. The van der Waals surface area contributed by atoms with E-state index >= 15 is 0 Å². The summed E-state index contributed by atoms with van der Waals surface area (Å²) in [5.41, 5.74) is 9.22. The fourth-order valence-electron chi connectivity index (χ4n) is 7.97. The Morgan fingerprint density at radius 1 is 0.981 bits per heavy atom. The smallest absolute Gasteiger partial charge is 0.169 e. The molecule has 5 rings (SSSR count). The van der Waals surface area contributed by atoms with Crippen LogP contribution in [0.25, 0.3) is 0 Å². The van der Waals surface area contributed by atoms with Crippen molar-refractivity contribution in [3.05, 3.63) is 83.2 Å². The second-order valence-electron chi connectivity index (χ2n) is 15.2. The van der Waals surface area contributed by atoms with Crippen LogP contribution in [0.1, 0.15) is 90.5 Å². The first-order chi connectivity index (χ1) is 25.8. The van der Waals surface area contributed by atoms with Gasteiger partial charge in [0.2, 0.25) is 0 Å². The van der Waals surface area contributed by atoms with Gasteiger partial charge >= 0.3 is 0 Å². The van der Waals surface area contributed by atoms with Crippen LogP contribution in [0.3, 0.4) is 0 Å². The number of benzene rings is 1. The molecule has 0 aromatic heterocycles. The molecule has 53 heavy (non-hydrogen) atoms. The molecule has 0 spiro atoms. The number of nitrogens with two attached hydrogens (primary N) is 1. The van der Waals surface area contributed by atoms with E-state index in [2.05, 4.69) is 49.5 Å². The van der Waals surface area contributed by atoms with Crippen molar-refractivity contribution in [3.63, 3.8) is 0 Å². The third-order valence-electron chi connectivity index (χ3n) is 11.0. The van der Waals surface area contributed by atoms with Gasteiger partial charge in [-0.1, -0.05) is 74.9 Å². The third-order valence-corrected chi connectivity index (χ3v) is 11.0. The van der Waals surface area contributed by atoms with Crippen LogP contribution in [0.5, 0.6) is 0 Å². The normalized spacial score (nSPS) is 30.4. The molecule has 1 fully saturated rings. The lowest BCUT2D eigenvalue weighted by atomic mass is 9.76. The zero-order valence-corrected chi connectivity index (χ0v) is 32.1. The van der Waals surface area contributed by atoms with Gasteiger partial charge < -0.3 is 39.6 Å². The molecule has 3 aliphatic carbocycles. The number of rotatable bonds is 21. The molecule has 1 heterocycles. The highest BCUT2D eigenvalue weighted by Gasteiger charge is 2.38. The van der Waals surface area contributed by atoms with Crippen LogP contribution in [-0.4, -0.2) is 85.7 Å². The van der Waals surface area contributed by atoms with E-state index in [0.717, 1.165) is 62.7 Å². The van der Waals surface area contributed by atoms with E-state index in [4.69, 9.17) is 29.4 Å². The number of allylic oxidation sites excluding steroid dienone is 3. The average molecular weight is 741 g/mol. The quantitative estimate of drug-likeness (QED) is 0.0613. The molecule has 1 aromatic rings. The van der Waals surface area contributed by atoms with E-state index in [1.54, 1.807) is 13.0 Å². The molecule has 10 heteroatoms. The van der Waals surface area contributed by atoms with E-state index in [1.165, 1.54) is 11.1 Å². The highest BCUT2D eigenvalue weighted by atomic mass is 19.1. The van der Waals surface area contributed by atoms with E-state index in [9.17, 15) is 14.6 Å². The molecule has 4 aliphatic rings. The molecule has 0 bridgehead atoms. The zero-order valence-electron chi connectivity index (χ0n) is 32.1. The van der Waals surface area contributed by atoms with Gasteiger partial charge in [-0.2, -0.15) is 0 Å². The highest BCUT2D eigenvalue weighted by Crippen LogP contribution is 2.40. The lowest BCUT2D eigenvalue weighted by molar-refractivity contribution is -0.122. The van der Waals surface area contributed by atoms with E-state index in [-0.39, 0.29) is 42.2 Å². The van der Waals surface area contributed by atoms with Gasteiger partial charge in [-0.3, -0.25) is 5.32 Å². The lowest BCUT2D eigenvalue weighted by Crippen LogP contribution is -2.48. The van der Waals surface area contributed by atoms with Crippen molar-refractivity contribution in [2.24, 2.45) is 23.5 Å². The van der Waals surface area contributed by atoms with Gasteiger partial charge in [0.1, 0.15) is 18.2 Å². The van der Waals surface area contributed by atoms with Crippen LogP contribution in [0, 0.1) is 17.8 Å². The minimum absolute atomic E-state index is 0.0394. The van der Waals surface area contributed by atoms with Crippen LogP contribution in [0.2, 0.25) is 0 Å². The standard InChI is InChI=1S/C43H65FN2O7/c1-4-11-35-37(20-16-33-17-21-38(53-41(33)35)42(47)46-22-9-23-51-43(48)29(3)45)49-24-10-25-50-39-27-40(52-28-30-12-7-6-8-13-30)36(26-31(39)5-2)32-14-18-34(44)19-15-32/h6-8,12-14,16,18,20,26,29,31-34,38-43,46-48H,4-5,9-11,15,17,19,21-25,27-28,45H2,1-3H3. The summed E-state index contributed by atoms with van der Waals surface area (Å²) >= 11 is 0. The Kier molecular flexibility index (Phi) is 17.0. The summed E-state index contributed by atoms with van der Waals surface area (Å²) in [6, 6.07) is 9.81. The van der Waals surface area contributed by atoms with Crippen molar-refractivity contribution < 1.29 is 38.3 Å². The monoisotopic (exact) mass is 740 g/mol. The number of aliphatic hydroxyl groups excluding tert-OH is 2. The molecular formula is C43H65FN2O7. The molecule has 9 nitrogen and oxygen atoms in total. The number of ether oxygens (including phenoxy) is 5. The molecule has 11 unspecified atom stereocenters. The summed E-state index contributed by atoms with van der Waals surface area (Å²) in [5, 5.41) is 23.8. The lowest BCUT2D eigenvalue weighted by Gasteiger charge is -2.40. The Hall–Kier alpha value is -2.41. The topological polar surface area (TPSA) is 125 Å². The van der Waals surface area contributed by atoms with Gasteiger partial charge in [-0.05, 0) is 75.6 Å². The predicted molar refractivity (Wildman–Crippen MR) is 205 cm³/mol. The maximum absolute atomic E-state index is 14.0. The van der Waals surface area contributed by atoms with Gasteiger partial charge in [0.25, 0.3) is 0 Å². The van der Waals surface area contributed by atoms with Crippen molar-refractivity contribution in [1.82, 2.24) is 5.32 Å². The number of fused-ring (bicyclic) bond motifs is 1. The first-order valence-corrected chi connectivity index (χ1v) is 20.2. The van der Waals surface area contributed by atoms with E-state index in [1.807, 2.05) is 24.3 Å². The first kappa shape index (κ1) is 41.7. The minimum atomic E-state index is -0.988. The van der Waals surface area contributed by atoms with Crippen LogP contribution >= 0.6 is 0 Å². The number of halogens is 1. The van der Waals surface area contributed by atoms with Gasteiger partial charge in [-0.25, -0.2) is 4.39 Å². The SMILES string of the molecule is CCCC1=C(OCCCOC2CC(OCc3ccccc3)C(C3C=CC(F)CC3)=CC2CC)C=CC2CCC(C(O)NCCCOC(O)C(C)N)OC12. The molecule has 11 atom stereocenters. The van der Waals surface area contributed by atoms with Crippen LogP contribution < -0.4 is 11.1 Å². The Bertz CT molecular complexity index is 1350. The number of nitrogens with one attached hydrogen (secondary N) is 1. The Labute approximate surface area is 316 Å². The van der Waals surface area contributed by atoms with Crippen LogP contribution in [-0.2, 0) is 30.3 Å². The molecule has 296 valence electrons. The van der Waals surface area contributed by atoms with Gasteiger partial charge in [0.05, 0.1) is 56.9 Å². The number of aliphatic hydroxyl groups is 2. The van der Waals surface area contributed by atoms with Gasteiger partial charge in [-0.15, -0.1) is 0 Å². The molecule has 0 radical (unpaired) electrons. The van der Waals surface area contributed by atoms with Crippen LogP contribution in [0.15, 0.2) is 77.6 Å². The Morgan fingerprint density at radius 2 is 1.81 bits per heavy atom. The first-order valence-electron chi connectivity index (χ1n) is 20.2. The van der Waals surface area contributed by atoms with Crippen molar-refractivity contribution in [2.45, 2.75) is 141 Å². The summed E-state index contributed by atoms with van der Waals surface area (Å²) in [6.07, 6.45) is 15.3. The highest BCUT2D eigenvalue weighted by molar-refractivity contribution is 5.31. The zero-order chi connectivity index (χ0) is 37.6. The molecule has 1 saturated heterocycles. The van der Waals surface area contributed by atoms with E-state index in [0.29, 0.717) is 45.8 Å². The molecule has 0 amide bonds. The summed E-state index contributed by atoms with van der Waals surface area (Å²) in [6.45, 7) is 8.60. The van der Waals surface area contributed by atoms with Crippen molar-refractivity contribution in [2.75, 3.05) is 26.4 Å². The second-order valence-corrected chi connectivity index (χ2v) is 15.2. The minimum Gasteiger partial charge on any atom is -0.493 e. The molecular weight excluding hydrogens is 675 g/mol. The molecule has 1 aliphatic heterocycles. The maximum atomic E-state index is 14.0. The largest absolute Gasteiger partial charge is 0.493 e. The summed E-state index contributed by atoms with van der Waals surface area (Å²) in [7, 11) is 0. The van der Waals surface area contributed by atoms with Gasteiger partial charge in [0.15, 0.2) is 6.29 Å². The Morgan fingerprint density at radius 3 is 2.55 bits per heavy atom. The number of alkyl halides is 1. The fourth-order valence-corrected chi connectivity index (χ4v) is 7.97. The summed E-state index contributed by atoms with van der Waals surface area (Å²) < 4.78 is 45.4. The summed E-state index contributed by atoms with van der Waals surface area (Å²) in [5.74, 6) is 1.62. The summed E-state index contributed by atoms with van der Waals surface area (Å²) in [4.78, 5) is 0. The van der Waals surface area contributed by atoms with Crippen molar-refractivity contribution in [3.8, 4) is 0 Å². The molecule has 5 N–H and O–H groups in total. The number of hydrogen-bond donors (Lipinski definition) is 4. The number of hydrogen-bond acceptors (Lipinski definition) is 9. The maximum Gasteiger partial charge on any atom is 0.169 e. The predicted octanol–water partition coefficient (Wildman–Crippen LogP) is 6.79. The van der Waals surface area contributed by atoms with Crippen molar-refractivity contribution in [1.29, 1.82) is 0 Å². The fraction of sp³-hybridized carbons (Fsp3) is 0.674. The second kappa shape index (κ2) is 21.6. The van der Waals surface area contributed by atoms with Gasteiger partial charge in [0, 0.05) is 36.2 Å². The average Bonchev–Trinajstić information content (AvgIpc) is 3.17. The van der Waals surface area contributed by atoms with E-state index < -0.39 is 24.7 Å². The third kappa shape index (κ3) is 12.3. The Balaban J connectivity index is 1.12.